The molecule has 0 aromatic heterocycles. The monoisotopic (exact) mass is 514 g/mol. The van der Waals surface area contributed by atoms with Crippen LogP contribution in [0.2, 0.25) is 0 Å². The number of ether oxygens (including phenoxy) is 1. The summed E-state index contributed by atoms with van der Waals surface area (Å²) in [4.78, 5) is 34.8. The fourth-order valence-corrected chi connectivity index (χ4v) is 6.88. The van der Waals surface area contributed by atoms with E-state index in [2.05, 4.69) is 24.3 Å². The molecule has 1 aliphatic heterocycles. The summed E-state index contributed by atoms with van der Waals surface area (Å²) in [6.45, 7) is 2.45. The normalized spacial score (nSPS) is 24.5. The molecule has 6 heteroatoms. The minimum atomic E-state index is -0.933. The molecule has 39 heavy (non-hydrogen) atoms. The van der Waals surface area contributed by atoms with Gasteiger partial charge in [-0.05, 0) is 77.7 Å². The molecule has 1 N–H and O–H groups in total. The maximum absolute atomic E-state index is 14.4. The summed E-state index contributed by atoms with van der Waals surface area (Å²) < 4.78 is 5.58. The molecule has 192 valence electrons. The van der Waals surface area contributed by atoms with E-state index in [1.54, 1.807) is 48.5 Å². The van der Waals surface area contributed by atoms with Gasteiger partial charge in [0.25, 0.3) is 0 Å². The van der Waals surface area contributed by atoms with E-state index in [0.717, 1.165) is 22.3 Å². The van der Waals surface area contributed by atoms with Crippen LogP contribution in [-0.2, 0) is 15.0 Å². The number of carbonyl (C=O) groups is 2. The molecule has 0 unspecified atom stereocenters. The molecule has 2 bridgehead atoms. The number of aliphatic imine (C=N–C) groups is 1. The van der Waals surface area contributed by atoms with Gasteiger partial charge in [0.05, 0.1) is 35.2 Å². The highest BCUT2D eigenvalue weighted by molar-refractivity contribution is 6.25. The number of phenolic OH excluding ortho intramolecular Hbond substituents is 1. The highest BCUT2D eigenvalue weighted by Crippen LogP contribution is 2.63. The number of amides is 2. The maximum atomic E-state index is 14.4. The van der Waals surface area contributed by atoms with Gasteiger partial charge in [-0.15, -0.1) is 0 Å². The largest absolute Gasteiger partial charge is 0.508 e. The molecule has 1 saturated heterocycles. The van der Waals surface area contributed by atoms with Crippen molar-refractivity contribution in [3.05, 3.63) is 119 Å². The summed E-state index contributed by atoms with van der Waals surface area (Å²) in [5, 5.41) is 9.76. The van der Waals surface area contributed by atoms with Gasteiger partial charge < -0.3 is 9.84 Å². The van der Waals surface area contributed by atoms with Crippen molar-refractivity contribution >= 4 is 29.4 Å². The van der Waals surface area contributed by atoms with Crippen molar-refractivity contribution in [3.63, 3.8) is 0 Å². The van der Waals surface area contributed by atoms with Gasteiger partial charge in [0.15, 0.2) is 0 Å². The molecule has 0 spiro atoms. The van der Waals surface area contributed by atoms with Crippen molar-refractivity contribution in [2.24, 2.45) is 16.8 Å². The van der Waals surface area contributed by atoms with Gasteiger partial charge in [-0.1, -0.05) is 48.5 Å². The zero-order valence-corrected chi connectivity index (χ0v) is 21.3. The van der Waals surface area contributed by atoms with E-state index < -0.39 is 17.3 Å². The third-order valence-electron chi connectivity index (χ3n) is 8.36. The standard InChI is InChI=1S/C33H26N2O4/c1-2-39-23-17-13-21(14-18-23)35-31(37)29-28-24-7-3-5-9-26(24)33(30(29)32(35)38,27-10-6-4-8-25(27)28)19-34-20-11-15-22(36)16-12-20/h3-19,28-30,36H,2H2,1H3/t28?,29-,30-,33?/m0/s1. The Hall–Kier alpha value is -4.71. The highest BCUT2D eigenvalue weighted by atomic mass is 16.5. The van der Waals surface area contributed by atoms with Crippen LogP contribution >= 0.6 is 0 Å². The zero-order chi connectivity index (χ0) is 26.7. The quantitative estimate of drug-likeness (QED) is 0.272. The van der Waals surface area contributed by atoms with Crippen LogP contribution < -0.4 is 9.64 Å². The fourth-order valence-electron chi connectivity index (χ4n) is 6.88. The van der Waals surface area contributed by atoms with Crippen molar-refractivity contribution < 1.29 is 19.4 Å². The number of hydrogen-bond acceptors (Lipinski definition) is 5. The summed E-state index contributed by atoms with van der Waals surface area (Å²) in [5.41, 5.74) is 4.40. The lowest BCUT2D eigenvalue weighted by Gasteiger charge is -2.52. The van der Waals surface area contributed by atoms with Crippen LogP contribution in [0.3, 0.4) is 0 Å². The lowest BCUT2D eigenvalue weighted by atomic mass is 9.47. The van der Waals surface area contributed by atoms with Crippen molar-refractivity contribution in [2.45, 2.75) is 18.3 Å². The SMILES string of the molecule is CCOc1ccc(N2C(=O)[C@@H]3[C@@H](C2=O)C2c4ccccc4C3(C=Nc3ccc(O)cc3)c3ccccc32)cc1. The number of rotatable bonds is 5. The average molecular weight is 515 g/mol. The number of anilines is 1. The van der Waals surface area contributed by atoms with Crippen LogP contribution in [0.1, 0.15) is 35.1 Å². The molecule has 4 aromatic rings. The van der Waals surface area contributed by atoms with Crippen molar-refractivity contribution in [3.8, 4) is 11.5 Å². The minimum absolute atomic E-state index is 0.156. The number of carbonyl (C=O) groups excluding carboxylic acids is 2. The Morgan fingerprint density at radius 3 is 2.08 bits per heavy atom. The summed E-state index contributed by atoms with van der Waals surface area (Å²) in [5.74, 6) is -0.993. The second-order valence-electron chi connectivity index (χ2n) is 10.2. The zero-order valence-electron chi connectivity index (χ0n) is 21.3. The topological polar surface area (TPSA) is 79.2 Å². The number of benzene rings is 4. The summed E-state index contributed by atoms with van der Waals surface area (Å²) in [6.07, 6.45) is 1.86. The Bertz CT molecular complexity index is 1590. The molecule has 8 rings (SSSR count). The molecule has 3 aliphatic carbocycles. The molecular formula is C33H26N2O4. The Labute approximate surface area is 226 Å². The molecule has 4 aliphatic rings. The van der Waals surface area contributed by atoms with Crippen LogP contribution in [-0.4, -0.2) is 29.7 Å². The Morgan fingerprint density at radius 1 is 0.846 bits per heavy atom. The van der Waals surface area contributed by atoms with Gasteiger partial charge in [0, 0.05) is 12.1 Å². The van der Waals surface area contributed by atoms with E-state index in [1.807, 2.05) is 37.4 Å². The van der Waals surface area contributed by atoms with Crippen molar-refractivity contribution in [2.75, 3.05) is 11.5 Å². The smallest absolute Gasteiger partial charge is 0.239 e. The van der Waals surface area contributed by atoms with Crippen molar-refractivity contribution in [1.29, 1.82) is 0 Å². The van der Waals surface area contributed by atoms with Crippen LogP contribution in [0, 0.1) is 11.8 Å². The molecule has 2 amide bonds. The maximum Gasteiger partial charge on any atom is 0.239 e. The molecule has 4 aromatic carbocycles. The second-order valence-corrected chi connectivity index (χ2v) is 10.2. The van der Waals surface area contributed by atoms with Gasteiger partial charge in [0.2, 0.25) is 11.8 Å². The molecule has 0 saturated carbocycles. The molecule has 2 atom stereocenters. The third-order valence-corrected chi connectivity index (χ3v) is 8.36. The predicted octanol–water partition coefficient (Wildman–Crippen LogP) is 5.74. The average Bonchev–Trinajstić information content (AvgIpc) is 3.24. The third kappa shape index (κ3) is 3.24. The molecule has 6 nitrogen and oxygen atoms in total. The molecule has 1 heterocycles. The van der Waals surface area contributed by atoms with E-state index in [4.69, 9.17) is 9.73 Å². The molecule has 0 radical (unpaired) electrons. The molecule has 1 fully saturated rings. The Balaban J connectivity index is 1.44. The van der Waals surface area contributed by atoms with E-state index in [1.165, 1.54) is 4.90 Å². The van der Waals surface area contributed by atoms with Gasteiger partial charge in [-0.3, -0.25) is 14.6 Å². The van der Waals surface area contributed by atoms with E-state index >= 15 is 0 Å². The first kappa shape index (κ1) is 23.4. The van der Waals surface area contributed by atoms with Gasteiger partial charge in [0.1, 0.15) is 11.5 Å². The summed E-state index contributed by atoms with van der Waals surface area (Å²) >= 11 is 0. The highest BCUT2D eigenvalue weighted by Gasteiger charge is 2.67. The van der Waals surface area contributed by atoms with E-state index in [-0.39, 0.29) is 23.5 Å². The lowest BCUT2D eigenvalue weighted by molar-refractivity contribution is -0.122. The van der Waals surface area contributed by atoms with Crippen LogP contribution in [0.25, 0.3) is 0 Å². The van der Waals surface area contributed by atoms with E-state index in [0.29, 0.717) is 23.7 Å². The first-order valence-corrected chi connectivity index (χ1v) is 13.2. The van der Waals surface area contributed by atoms with Gasteiger partial charge in [-0.2, -0.15) is 0 Å². The van der Waals surface area contributed by atoms with Crippen LogP contribution in [0.5, 0.6) is 11.5 Å². The number of imide groups is 1. The van der Waals surface area contributed by atoms with Gasteiger partial charge in [-0.25, -0.2) is 4.90 Å². The Morgan fingerprint density at radius 2 is 1.46 bits per heavy atom. The van der Waals surface area contributed by atoms with E-state index in [9.17, 15) is 14.7 Å². The Kier molecular flexibility index (Phi) is 5.20. The number of nitrogens with zero attached hydrogens (tertiary/aromatic N) is 2. The van der Waals surface area contributed by atoms with Crippen LogP contribution in [0.4, 0.5) is 11.4 Å². The number of phenols is 1. The second kappa shape index (κ2) is 8.67. The minimum Gasteiger partial charge on any atom is -0.508 e. The first-order chi connectivity index (χ1) is 19.0. The van der Waals surface area contributed by atoms with Crippen molar-refractivity contribution in [1.82, 2.24) is 0 Å². The van der Waals surface area contributed by atoms with Gasteiger partial charge >= 0.3 is 0 Å². The number of hydrogen-bond donors (Lipinski definition) is 1. The fraction of sp³-hybridized carbons (Fsp3) is 0.182. The summed E-state index contributed by atoms with van der Waals surface area (Å²) in [7, 11) is 0. The van der Waals surface area contributed by atoms with Crippen LogP contribution in [0.15, 0.2) is 102 Å². The number of aromatic hydroxyl groups is 1. The first-order valence-electron chi connectivity index (χ1n) is 13.2. The molecular weight excluding hydrogens is 488 g/mol. The predicted molar refractivity (Wildman–Crippen MR) is 149 cm³/mol. The lowest BCUT2D eigenvalue weighted by Crippen LogP contribution is -2.54. The summed E-state index contributed by atoms with van der Waals surface area (Å²) in [6, 6.07) is 30.0.